The van der Waals surface area contributed by atoms with Crippen molar-refractivity contribution in [3.8, 4) is 11.4 Å². The van der Waals surface area contributed by atoms with Gasteiger partial charge in [-0.15, -0.1) is 5.10 Å². The number of fused-ring (bicyclic) bond motifs is 1. The number of hydrogen-bond donors (Lipinski definition) is 1. The number of carbonyl (C=O) groups excluding carboxylic acids is 2. The van der Waals surface area contributed by atoms with Gasteiger partial charge in [-0.2, -0.15) is 5.10 Å². The second kappa shape index (κ2) is 7.55. The van der Waals surface area contributed by atoms with Crippen LogP contribution in [-0.4, -0.2) is 42.9 Å². The molecule has 146 valence electrons. The van der Waals surface area contributed by atoms with E-state index in [9.17, 15) is 9.59 Å². The fourth-order valence-electron chi connectivity index (χ4n) is 2.92. The van der Waals surface area contributed by atoms with E-state index >= 15 is 0 Å². The number of pyridine rings is 1. The number of esters is 1. The molecule has 4 rings (SSSR count). The summed E-state index contributed by atoms with van der Waals surface area (Å²) in [5, 5.41) is 11.2. The SMILES string of the molecule is CCOC(=O)c1cnn(C)c1C(=O)Nc1ccn2nc(-c3ccccc3)nc2c1. The molecule has 0 spiro atoms. The second-order valence-electron chi connectivity index (χ2n) is 6.22. The average molecular weight is 390 g/mol. The van der Waals surface area contributed by atoms with Gasteiger partial charge in [-0.25, -0.2) is 14.3 Å². The van der Waals surface area contributed by atoms with Gasteiger partial charge in [0.15, 0.2) is 11.5 Å². The maximum Gasteiger partial charge on any atom is 0.342 e. The number of ether oxygens (including phenoxy) is 1. The first-order chi connectivity index (χ1) is 14.1. The summed E-state index contributed by atoms with van der Waals surface area (Å²) in [6, 6.07) is 13.0. The van der Waals surface area contributed by atoms with Crippen molar-refractivity contribution < 1.29 is 14.3 Å². The Hall–Kier alpha value is -4.01. The Morgan fingerprint density at radius 1 is 1.17 bits per heavy atom. The molecule has 4 aromatic rings. The van der Waals surface area contributed by atoms with E-state index in [1.54, 1.807) is 36.8 Å². The van der Waals surface area contributed by atoms with Crippen molar-refractivity contribution >= 4 is 23.2 Å². The summed E-state index contributed by atoms with van der Waals surface area (Å²) >= 11 is 0. The van der Waals surface area contributed by atoms with Crippen LogP contribution in [0.4, 0.5) is 5.69 Å². The fraction of sp³-hybridized carbons (Fsp3) is 0.150. The lowest BCUT2D eigenvalue weighted by atomic mass is 10.2. The van der Waals surface area contributed by atoms with Gasteiger partial charge in [0.05, 0.1) is 12.8 Å². The normalized spacial score (nSPS) is 10.8. The van der Waals surface area contributed by atoms with Gasteiger partial charge in [-0.3, -0.25) is 9.48 Å². The van der Waals surface area contributed by atoms with Crippen molar-refractivity contribution in [3.63, 3.8) is 0 Å². The average Bonchev–Trinajstić information content (AvgIpc) is 3.32. The van der Waals surface area contributed by atoms with E-state index in [1.165, 1.54) is 10.9 Å². The van der Waals surface area contributed by atoms with Crippen molar-refractivity contribution in [1.82, 2.24) is 24.4 Å². The smallest absolute Gasteiger partial charge is 0.342 e. The van der Waals surface area contributed by atoms with Gasteiger partial charge in [0.25, 0.3) is 5.91 Å². The Balaban J connectivity index is 1.61. The predicted molar refractivity (Wildman–Crippen MR) is 106 cm³/mol. The first-order valence-electron chi connectivity index (χ1n) is 8.99. The lowest BCUT2D eigenvalue weighted by molar-refractivity contribution is 0.0523. The topological polar surface area (TPSA) is 103 Å². The number of benzene rings is 1. The molecule has 0 radical (unpaired) electrons. The molecule has 1 N–H and O–H groups in total. The van der Waals surface area contributed by atoms with E-state index in [0.717, 1.165) is 5.56 Å². The number of nitrogens with one attached hydrogen (secondary N) is 1. The van der Waals surface area contributed by atoms with Crippen molar-refractivity contribution in [3.05, 3.63) is 66.1 Å². The zero-order valence-corrected chi connectivity index (χ0v) is 15.9. The molecular weight excluding hydrogens is 372 g/mol. The largest absolute Gasteiger partial charge is 0.462 e. The highest BCUT2D eigenvalue weighted by Crippen LogP contribution is 2.19. The molecule has 3 heterocycles. The summed E-state index contributed by atoms with van der Waals surface area (Å²) in [6.45, 7) is 1.91. The summed E-state index contributed by atoms with van der Waals surface area (Å²) in [6.07, 6.45) is 3.03. The number of hydrogen-bond acceptors (Lipinski definition) is 6. The van der Waals surface area contributed by atoms with E-state index in [4.69, 9.17) is 4.74 Å². The Morgan fingerprint density at radius 3 is 2.72 bits per heavy atom. The molecule has 0 aliphatic heterocycles. The van der Waals surface area contributed by atoms with Crippen LogP contribution in [0.1, 0.15) is 27.8 Å². The monoisotopic (exact) mass is 390 g/mol. The highest BCUT2D eigenvalue weighted by Gasteiger charge is 2.23. The van der Waals surface area contributed by atoms with Crippen LogP contribution in [0.2, 0.25) is 0 Å². The van der Waals surface area contributed by atoms with Crippen LogP contribution in [-0.2, 0) is 11.8 Å². The maximum atomic E-state index is 12.8. The van der Waals surface area contributed by atoms with Crippen molar-refractivity contribution in [1.29, 1.82) is 0 Å². The van der Waals surface area contributed by atoms with Gasteiger partial charge in [-0.1, -0.05) is 30.3 Å². The second-order valence-corrected chi connectivity index (χ2v) is 6.22. The molecule has 0 saturated heterocycles. The summed E-state index contributed by atoms with van der Waals surface area (Å²) < 4.78 is 7.96. The van der Waals surface area contributed by atoms with E-state index in [1.807, 2.05) is 30.3 Å². The van der Waals surface area contributed by atoms with Crippen molar-refractivity contribution in [2.24, 2.45) is 7.05 Å². The van der Waals surface area contributed by atoms with Crippen LogP contribution in [0.5, 0.6) is 0 Å². The van der Waals surface area contributed by atoms with Crippen molar-refractivity contribution in [2.45, 2.75) is 6.92 Å². The minimum absolute atomic E-state index is 0.113. The van der Waals surface area contributed by atoms with Gasteiger partial charge in [0, 0.05) is 30.6 Å². The van der Waals surface area contributed by atoms with Crippen LogP contribution in [0.15, 0.2) is 54.9 Å². The van der Waals surface area contributed by atoms with Crippen LogP contribution in [0.3, 0.4) is 0 Å². The third-order valence-corrected chi connectivity index (χ3v) is 4.28. The lowest BCUT2D eigenvalue weighted by Crippen LogP contribution is -2.20. The molecule has 9 heteroatoms. The van der Waals surface area contributed by atoms with Gasteiger partial charge < -0.3 is 10.1 Å². The molecule has 29 heavy (non-hydrogen) atoms. The molecule has 0 atom stereocenters. The third kappa shape index (κ3) is 3.57. The first-order valence-corrected chi connectivity index (χ1v) is 8.99. The zero-order chi connectivity index (χ0) is 20.4. The highest BCUT2D eigenvalue weighted by atomic mass is 16.5. The summed E-state index contributed by atoms with van der Waals surface area (Å²) in [5.74, 6) is -0.475. The third-order valence-electron chi connectivity index (χ3n) is 4.28. The fourth-order valence-corrected chi connectivity index (χ4v) is 2.92. The number of rotatable bonds is 5. The summed E-state index contributed by atoms with van der Waals surface area (Å²) in [5.41, 5.74) is 2.23. The standard InChI is InChI=1S/C20H18N6O3/c1-3-29-20(28)15-12-21-25(2)17(15)19(27)22-14-9-10-26-16(11-14)23-18(24-26)13-7-5-4-6-8-13/h4-12H,3H2,1-2H3,(H,22,27). The Labute approximate surface area is 165 Å². The molecule has 0 bridgehead atoms. The van der Waals surface area contributed by atoms with Crippen molar-refractivity contribution in [2.75, 3.05) is 11.9 Å². The quantitative estimate of drug-likeness (QED) is 0.525. The molecule has 1 amide bonds. The molecule has 0 saturated carbocycles. The van der Waals surface area contributed by atoms with E-state index in [-0.39, 0.29) is 17.9 Å². The molecule has 0 aliphatic rings. The summed E-state index contributed by atoms with van der Waals surface area (Å²) in [4.78, 5) is 29.3. The molecule has 9 nitrogen and oxygen atoms in total. The Morgan fingerprint density at radius 2 is 1.97 bits per heavy atom. The van der Waals surface area contributed by atoms with Crippen LogP contribution in [0.25, 0.3) is 17.0 Å². The molecule has 0 unspecified atom stereocenters. The minimum Gasteiger partial charge on any atom is -0.462 e. The lowest BCUT2D eigenvalue weighted by Gasteiger charge is -2.07. The predicted octanol–water partition coefficient (Wildman–Crippen LogP) is 2.56. The number of nitrogens with zero attached hydrogens (tertiary/aromatic N) is 5. The highest BCUT2D eigenvalue weighted by molar-refractivity contribution is 6.10. The Kier molecular flexibility index (Phi) is 4.78. The molecule has 0 fully saturated rings. The maximum absolute atomic E-state index is 12.8. The van der Waals surface area contributed by atoms with Gasteiger partial charge in [-0.05, 0) is 13.0 Å². The van der Waals surface area contributed by atoms with Gasteiger partial charge >= 0.3 is 5.97 Å². The Bertz CT molecular complexity index is 1200. The summed E-state index contributed by atoms with van der Waals surface area (Å²) in [7, 11) is 1.59. The van der Waals surface area contributed by atoms with E-state index < -0.39 is 11.9 Å². The van der Waals surface area contributed by atoms with E-state index in [0.29, 0.717) is 17.2 Å². The number of amides is 1. The number of aryl methyl sites for hydroxylation is 1. The number of anilines is 1. The molecule has 1 aromatic carbocycles. The molecule has 3 aromatic heterocycles. The van der Waals surface area contributed by atoms with Crippen LogP contribution in [0, 0.1) is 0 Å². The van der Waals surface area contributed by atoms with Crippen LogP contribution >= 0.6 is 0 Å². The molecule has 0 aliphatic carbocycles. The van der Waals surface area contributed by atoms with E-state index in [2.05, 4.69) is 20.5 Å². The van der Waals surface area contributed by atoms with Gasteiger partial charge in [0.2, 0.25) is 0 Å². The zero-order valence-electron chi connectivity index (χ0n) is 15.9. The van der Waals surface area contributed by atoms with Gasteiger partial charge in [0.1, 0.15) is 11.3 Å². The minimum atomic E-state index is -0.592. The van der Waals surface area contributed by atoms with Crippen LogP contribution < -0.4 is 5.32 Å². The first kappa shape index (κ1) is 18.4. The molecular formula is C20H18N6O3. The number of aromatic nitrogens is 5. The number of carbonyl (C=O) groups is 2.